The minimum atomic E-state index is 0.110. The van der Waals surface area contributed by atoms with Crippen LogP contribution in [0.5, 0.6) is 0 Å². The minimum absolute atomic E-state index is 0.110. The molecule has 1 rings (SSSR count). The summed E-state index contributed by atoms with van der Waals surface area (Å²) < 4.78 is 0. The van der Waals surface area contributed by atoms with Crippen molar-refractivity contribution >= 4 is 5.78 Å². The third kappa shape index (κ3) is 1.79. The molecule has 60 valence electrons. The molecule has 1 aliphatic rings. The highest BCUT2D eigenvalue weighted by Crippen LogP contribution is 2.19. The number of hydrogen-bond acceptors (Lipinski definition) is 1. The minimum Gasteiger partial charge on any atom is -0.294 e. The molecule has 0 amide bonds. The van der Waals surface area contributed by atoms with Crippen LogP contribution in [0.4, 0.5) is 0 Å². The van der Waals surface area contributed by atoms with Crippen molar-refractivity contribution in [3.05, 3.63) is 23.8 Å². The lowest BCUT2D eigenvalue weighted by Crippen LogP contribution is -2.18. The van der Waals surface area contributed by atoms with Crippen molar-refractivity contribution in [1.82, 2.24) is 0 Å². The van der Waals surface area contributed by atoms with E-state index in [4.69, 9.17) is 0 Å². The summed E-state index contributed by atoms with van der Waals surface area (Å²) >= 11 is 0. The largest absolute Gasteiger partial charge is 0.294 e. The van der Waals surface area contributed by atoms with Gasteiger partial charge < -0.3 is 0 Å². The lowest BCUT2D eigenvalue weighted by Gasteiger charge is -2.16. The van der Waals surface area contributed by atoms with Crippen LogP contribution in [0.1, 0.15) is 20.8 Å². The first kappa shape index (κ1) is 8.25. The van der Waals surface area contributed by atoms with Gasteiger partial charge in [0.25, 0.3) is 0 Å². The van der Waals surface area contributed by atoms with E-state index in [0.29, 0.717) is 5.92 Å². The van der Waals surface area contributed by atoms with E-state index in [-0.39, 0.29) is 11.7 Å². The lowest BCUT2D eigenvalue weighted by atomic mass is 9.87. The fourth-order valence-electron chi connectivity index (χ4n) is 1.27. The van der Waals surface area contributed by atoms with Crippen molar-refractivity contribution < 1.29 is 4.79 Å². The molecule has 0 spiro atoms. The number of carbonyl (C=O) groups excluding carboxylic acids is 1. The Morgan fingerprint density at radius 2 is 2.09 bits per heavy atom. The van der Waals surface area contributed by atoms with Crippen molar-refractivity contribution in [3.8, 4) is 0 Å². The summed E-state index contributed by atoms with van der Waals surface area (Å²) in [6.07, 6.45) is 5.75. The Balaban J connectivity index is 2.77. The van der Waals surface area contributed by atoms with E-state index in [1.54, 1.807) is 6.08 Å². The number of rotatable bonds is 1. The molecule has 1 unspecified atom stereocenters. The van der Waals surface area contributed by atoms with Gasteiger partial charge in [-0.3, -0.25) is 4.79 Å². The number of carbonyl (C=O) groups is 1. The van der Waals surface area contributed by atoms with Crippen LogP contribution in [-0.4, -0.2) is 5.78 Å². The second-order valence-corrected chi connectivity index (χ2v) is 3.42. The predicted molar refractivity (Wildman–Crippen MR) is 46.2 cm³/mol. The van der Waals surface area contributed by atoms with E-state index in [9.17, 15) is 4.79 Å². The third-order valence-electron chi connectivity index (χ3n) is 1.98. The normalized spacial score (nSPS) is 24.2. The molecule has 0 aromatic heterocycles. The molecule has 0 N–H and O–H groups in total. The molecule has 1 nitrogen and oxygen atoms in total. The number of hydrogen-bond donors (Lipinski definition) is 0. The zero-order valence-corrected chi connectivity index (χ0v) is 7.29. The van der Waals surface area contributed by atoms with Gasteiger partial charge in [0, 0.05) is 5.92 Å². The highest BCUT2D eigenvalue weighted by molar-refractivity contribution is 5.95. The average molecular weight is 150 g/mol. The monoisotopic (exact) mass is 150 g/mol. The Hall–Kier alpha value is -0.850. The molecule has 1 heteroatoms. The van der Waals surface area contributed by atoms with Crippen LogP contribution < -0.4 is 0 Å². The van der Waals surface area contributed by atoms with Crippen molar-refractivity contribution in [3.63, 3.8) is 0 Å². The predicted octanol–water partition coefficient (Wildman–Crippen LogP) is 2.34. The quantitative estimate of drug-likeness (QED) is 0.560. The summed E-state index contributed by atoms with van der Waals surface area (Å²) in [5, 5.41) is 0. The van der Waals surface area contributed by atoms with E-state index < -0.39 is 0 Å². The van der Waals surface area contributed by atoms with E-state index in [2.05, 4.69) is 13.8 Å². The van der Waals surface area contributed by atoms with Gasteiger partial charge in [-0.15, -0.1) is 0 Å². The molecule has 1 atom stereocenters. The lowest BCUT2D eigenvalue weighted by molar-refractivity contribution is -0.118. The molecule has 11 heavy (non-hydrogen) atoms. The molecule has 0 aromatic carbocycles. The van der Waals surface area contributed by atoms with Crippen molar-refractivity contribution in [2.75, 3.05) is 0 Å². The summed E-state index contributed by atoms with van der Waals surface area (Å²) in [6, 6.07) is 0. The Morgan fingerprint density at radius 3 is 2.55 bits per heavy atom. The highest BCUT2D eigenvalue weighted by atomic mass is 16.1. The van der Waals surface area contributed by atoms with Crippen LogP contribution in [0, 0.1) is 11.8 Å². The smallest absolute Gasteiger partial charge is 0.163 e. The maximum absolute atomic E-state index is 11.3. The third-order valence-corrected chi connectivity index (χ3v) is 1.98. The second-order valence-electron chi connectivity index (χ2n) is 3.42. The summed E-state index contributed by atoms with van der Waals surface area (Å²) in [5.41, 5.74) is 1.06. The fourth-order valence-corrected chi connectivity index (χ4v) is 1.27. The highest BCUT2D eigenvalue weighted by Gasteiger charge is 2.19. The summed E-state index contributed by atoms with van der Waals surface area (Å²) in [6.45, 7) is 6.09. The van der Waals surface area contributed by atoms with Gasteiger partial charge in [0.1, 0.15) is 0 Å². The Kier molecular flexibility index (Phi) is 2.28. The second kappa shape index (κ2) is 3.04. The molecule has 0 aromatic rings. The maximum Gasteiger partial charge on any atom is 0.163 e. The first-order valence-corrected chi connectivity index (χ1v) is 4.01. The van der Waals surface area contributed by atoms with Crippen molar-refractivity contribution in [1.29, 1.82) is 0 Å². The summed E-state index contributed by atoms with van der Waals surface area (Å²) in [7, 11) is 0. The van der Waals surface area contributed by atoms with Gasteiger partial charge in [-0.25, -0.2) is 0 Å². The molecule has 1 aliphatic carbocycles. The summed E-state index contributed by atoms with van der Waals surface area (Å²) in [5.74, 6) is 0.779. The van der Waals surface area contributed by atoms with Gasteiger partial charge in [-0.05, 0) is 24.5 Å². The van der Waals surface area contributed by atoms with Crippen molar-refractivity contribution in [2.45, 2.75) is 20.8 Å². The molecule has 0 heterocycles. The van der Waals surface area contributed by atoms with Crippen LogP contribution in [-0.2, 0) is 4.79 Å². The van der Waals surface area contributed by atoms with Crippen LogP contribution in [0.15, 0.2) is 23.8 Å². The Morgan fingerprint density at radius 1 is 1.45 bits per heavy atom. The van der Waals surface area contributed by atoms with E-state index in [1.165, 1.54) is 0 Å². The van der Waals surface area contributed by atoms with Gasteiger partial charge in [0.05, 0.1) is 0 Å². The maximum atomic E-state index is 11.3. The van der Waals surface area contributed by atoms with E-state index in [0.717, 1.165) is 5.57 Å². The summed E-state index contributed by atoms with van der Waals surface area (Å²) in [4.78, 5) is 11.3. The first-order chi connectivity index (χ1) is 5.11. The molecular weight excluding hydrogens is 136 g/mol. The number of ketones is 1. The van der Waals surface area contributed by atoms with Crippen LogP contribution in [0.25, 0.3) is 0 Å². The first-order valence-electron chi connectivity index (χ1n) is 4.01. The van der Waals surface area contributed by atoms with Crippen LogP contribution >= 0.6 is 0 Å². The zero-order valence-electron chi connectivity index (χ0n) is 7.29. The van der Waals surface area contributed by atoms with Crippen molar-refractivity contribution in [2.24, 2.45) is 11.8 Å². The van der Waals surface area contributed by atoms with Gasteiger partial charge in [0.2, 0.25) is 0 Å². The zero-order chi connectivity index (χ0) is 8.43. The standard InChI is InChI=1S/C10H14O/c1-7(2)9-5-4-8(3)6-10(9)11/h4-7,9H,1-3H3. The fraction of sp³-hybridized carbons (Fsp3) is 0.500. The topological polar surface area (TPSA) is 17.1 Å². The average Bonchev–Trinajstić information content (AvgIpc) is 1.85. The van der Waals surface area contributed by atoms with Crippen LogP contribution in [0.2, 0.25) is 0 Å². The van der Waals surface area contributed by atoms with E-state index in [1.807, 2.05) is 19.1 Å². The molecule has 0 saturated carbocycles. The van der Waals surface area contributed by atoms with Gasteiger partial charge in [0.15, 0.2) is 5.78 Å². The van der Waals surface area contributed by atoms with Gasteiger partial charge >= 0.3 is 0 Å². The Bertz CT molecular complexity index is 221. The van der Waals surface area contributed by atoms with Crippen LogP contribution in [0.3, 0.4) is 0 Å². The molecule has 0 saturated heterocycles. The number of allylic oxidation sites excluding steroid dienone is 4. The Labute approximate surface area is 67.8 Å². The molecule has 0 aliphatic heterocycles. The molecule has 0 fully saturated rings. The van der Waals surface area contributed by atoms with Gasteiger partial charge in [-0.1, -0.05) is 26.0 Å². The molecule has 0 radical (unpaired) electrons. The van der Waals surface area contributed by atoms with E-state index >= 15 is 0 Å². The SMILES string of the molecule is CC1=CC(=O)C(C(C)C)C=C1. The van der Waals surface area contributed by atoms with Gasteiger partial charge in [-0.2, -0.15) is 0 Å². The molecular formula is C10H14O. The molecule has 0 bridgehead atoms.